The maximum atomic E-state index is 11.9. The van der Waals surface area contributed by atoms with Gasteiger partial charge in [-0.2, -0.15) is 0 Å². The first-order valence-electron chi connectivity index (χ1n) is 4.98. The van der Waals surface area contributed by atoms with Crippen LogP contribution in [0.2, 0.25) is 0 Å². The summed E-state index contributed by atoms with van der Waals surface area (Å²) in [4.78, 5) is 22.6. The van der Waals surface area contributed by atoms with Crippen molar-refractivity contribution >= 4 is 60.5 Å². The van der Waals surface area contributed by atoms with Gasteiger partial charge in [-0.3, -0.25) is 14.9 Å². The second-order valence-corrected chi connectivity index (χ2v) is 6.80. The summed E-state index contributed by atoms with van der Waals surface area (Å²) in [6.45, 7) is 0. The van der Waals surface area contributed by atoms with Crippen LogP contribution in [-0.2, 0) is 0 Å². The van der Waals surface area contributed by atoms with Gasteiger partial charge >= 0.3 is 0 Å². The van der Waals surface area contributed by atoms with Crippen molar-refractivity contribution in [3.05, 3.63) is 53.6 Å². The van der Waals surface area contributed by atoms with E-state index >= 15 is 0 Å². The first-order chi connectivity index (χ1) is 8.97. The fraction of sp³-hybridized carbons (Fsp3) is 0. The van der Waals surface area contributed by atoms with Crippen LogP contribution in [0, 0.1) is 10.1 Å². The van der Waals surface area contributed by atoms with Crippen LogP contribution in [0.5, 0.6) is 0 Å². The number of benzene rings is 1. The number of rotatable bonds is 3. The minimum atomic E-state index is -0.494. The minimum absolute atomic E-state index is 0.0446. The molecule has 0 saturated carbocycles. The van der Waals surface area contributed by atoms with Crippen molar-refractivity contribution in [1.29, 1.82) is 0 Å². The van der Waals surface area contributed by atoms with Crippen molar-refractivity contribution in [2.45, 2.75) is 0 Å². The molecule has 98 valence electrons. The molecule has 0 bridgehead atoms. The number of thiophene rings is 1. The molecule has 0 aliphatic rings. The number of nitrogens with zero attached hydrogens (tertiary/aromatic N) is 1. The molecule has 2 aromatic rings. The van der Waals surface area contributed by atoms with Crippen LogP contribution in [0.4, 0.5) is 11.4 Å². The molecule has 0 fully saturated rings. The van der Waals surface area contributed by atoms with Gasteiger partial charge in [0, 0.05) is 11.8 Å². The predicted octanol–water partition coefficient (Wildman–Crippen LogP) is 4.43. The van der Waals surface area contributed by atoms with Gasteiger partial charge < -0.3 is 5.32 Å². The Bertz CT molecular complexity index is 657. The molecule has 2 rings (SSSR count). The van der Waals surface area contributed by atoms with Crippen LogP contribution in [0.15, 0.2) is 38.6 Å². The van der Waals surface area contributed by atoms with E-state index in [-0.39, 0.29) is 11.6 Å². The van der Waals surface area contributed by atoms with Gasteiger partial charge in [-0.15, -0.1) is 11.3 Å². The Morgan fingerprint density at radius 2 is 2.00 bits per heavy atom. The molecule has 0 saturated heterocycles. The van der Waals surface area contributed by atoms with Crippen LogP contribution >= 0.6 is 43.2 Å². The van der Waals surface area contributed by atoms with Crippen molar-refractivity contribution in [2.24, 2.45) is 0 Å². The standard InChI is InChI=1S/C11H6Br2N2O3S/c12-7-5-6(1-2-8(7)15(17)18)14-11(16)9-3-4-10(13)19-9/h1-5H,(H,14,16). The highest BCUT2D eigenvalue weighted by Crippen LogP contribution is 2.28. The average molecular weight is 406 g/mol. The number of anilines is 1. The van der Waals surface area contributed by atoms with Gasteiger partial charge in [0.05, 0.1) is 18.1 Å². The van der Waals surface area contributed by atoms with Crippen LogP contribution < -0.4 is 5.32 Å². The molecule has 0 unspecified atom stereocenters. The molecular weight excluding hydrogens is 400 g/mol. The van der Waals surface area contributed by atoms with Gasteiger partial charge in [0.1, 0.15) is 0 Å². The monoisotopic (exact) mass is 404 g/mol. The lowest BCUT2D eigenvalue weighted by Crippen LogP contribution is -2.10. The highest BCUT2D eigenvalue weighted by molar-refractivity contribution is 9.11. The third-order valence-electron chi connectivity index (χ3n) is 2.20. The summed E-state index contributed by atoms with van der Waals surface area (Å²) in [5, 5.41) is 13.3. The molecular formula is C11H6Br2N2O3S. The van der Waals surface area contributed by atoms with E-state index in [1.54, 1.807) is 12.1 Å². The van der Waals surface area contributed by atoms with Crippen molar-refractivity contribution in [2.75, 3.05) is 5.32 Å². The molecule has 1 aromatic heterocycles. The second kappa shape index (κ2) is 5.81. The maximum absolute atomic E-state index is 11.9. The first-order valence-corrected chi connectivity index (χ1v) is 7.38. The third kappa shape index (κ3) is 3.40. The molecule has 0 aliphatic heterocycles. The van der Waals surface area contributed by atoms with Gasteiger partial charge in [-0.25, -0.2) is 0 Å². The summed E-state index contributed by atoms with van der Waals surface area (Å²) in [6, 6.07) is 7.81. The van der Waals surface area contributed by atoms with Crippen LogP contribution in [-0.4, -0.2) is 10.8 Å². The highest BCUT2D eigenvalue weighted by atomic mass is 79.9. The van der Waals surface area contributed by atoms with E-state index < -0.39 is 4.92 Å². The number of amides is 1. The number of nitro groups is 1. The maximum Gasteiger partial charge on any atom is 0.283 e. The Morgan fingerprint density at radius 1 is 1.26 bits per heavy atom. The lowest BCUT2D eigenvalue weighted by molar-refractivity contribution is -0.385. The van der Waals surface area contributed by atoms with Crippen molar-refractivity contribution in [3.8, 4) is 0 Å². The Balaban J connectivity index is 2.18. The second-order valence-electron chi connectivity index (χ2n) is 3.48. The Labute approximate surface area is 129 Å². The summed E-state index contributed by atoms with van der Waals surface area (Å²) in [6.07, 6.45) is 0. The number of nitrogens with one attached hydrogen (secondary N) is 1. The smallest absolute Gasteiger partial charge is 0.283 e. The quantitative estimate of drug-likeness (QED) is 0.606. The van der Waals surface area contributed by atoms with Crippen molar-refractivity contribution in [1.82, 2.24) is 0 Å². The fourth-order valence-electron chi connectivity index (χ4n) is 1.36. The zero-order chi connectivity index (χ0) is 14.0. The summed E-state index contributed by atoms with van der Waals surface area (Å²) < 4.78 is 1.19. The Kier molecular flexibility index (Phi) is 4.33. The molecule has 0 aliphatic carbocycles. The largest absolute Gasteiger partial charge is 0.321 e. The van der Waals surface area contributed by atoms with Crippen LogP contribution in [0.25, 0.3) is 0 Å². The number of halogens is 2. The van der Waals surface area contributed by atoms with Crippen LogP contribution in [0.1, 0.15) is 9.67 Å². The number of carbonyl (C=O) groups is 1. The predicted molar refractivity (Wildman–Crippen MR) is 80.8 cm³/mol. The summed E-state index contributed by atoms with van der Waals surface area (Å²) >= 11 is 7.69. The Hall–Kier alpha value is -1.25. The highest BCUT2D eigenvalue weighted by Gasteiger charge is 2.14. The van der Waals surface area contributed by atoms with E-state index in [0.717, 1.165) is 3.79 Å². The molecule has 0 radical (unpaired) electrons. The van der Waals surface area contributed by atoms with E-state index in [1.165, 1.54) is 29.5 Å². The normalized spacial score (nSPS) is 10.2. The molecule has 8 heteroatoms. The lowest BCUT2D eigenvalue weighted by atomic mass is 10.3. The number of hydrogen-bond donors (Lipinski definition) is 1. The summed E-state index contributed by atoms with van der Waals surface area (Å²) in [7, 11) is 0. The molecule has 1 heterocycles. The average Bonchev–Trinajstić information content (AvgIpc) is 2.75. The topological polar surface area (TPSA) is 72.2 Å². The number of nitro benzene ring substituents is 1. The zero-order valence-corrected chi connectivity index (χ0v) is 13.2. The van der Waals surface area contributed by atoms with E-state index in [4.69, 9.17) is 0 Å². The van der Waals surface area contributed by atoms with E-state index in [0.29, 0.717) is 15.0 Å². The lowest BCUT2D eigenvalue weighted by Gasteiger charge is -2.04. The third-order valence-corrected chi connectivity index (χ3v) is 4.46. The van der Waals surface area contributed by atoms with Gasteiger partial charge in [-0.1, -0.05) is 0 Å². The SMILES string of the molecule is O=C(Nc1ccc([N+](=O)[O-])c(Br)c1)c1ccc(Br)s1. The molecule has 5 nitrogen and oxygen atoms in total. The van der Waals surface area contributed by atoms with E-state index in [1.807, 2.05) is 0 Å². The van der Waals surface area contributed by atoms with Crippen molar-refractivity contribution in [3.63, 3.8) is 0 Å². The van der Waals surface area contributed by atoms with Crippen molar-refractivity contribution < 1.29 is 9.72 Å². The van der Waals surface area contributed by atoms with E-state index in [9.17, 15) is 14.9 Å². The fourth-order valence-corrected chi connectivity index (χ4v) is 3.17. The summed E-state index contributed by atoms with van der Waals surface area (Å²) in [5.74, 6) is -0.253. The summed E-state index contributed by atoms with van der Waals surface area (Å²) in [5.41, 5.74) is 0.448. The van der Waals surface area contributed by atoms with Gasteiger partial charge in [0.15, 0.2) is 0 Å². The zero-order valence-electron chi connectivity index (χ0n) is 9.22. The number of carbonyl (C=O) groups excluding carboxylic acids is 1. The molecule has 1 aromatic carbocycles. The molecule has 0 atom stereocenters. The molecule has 19 heavy (non-hydrogen) atoms. The molecule has 1 N–H and O–H groups in total. The number of hydrogen-bond acceptors (Lipinski definition) is 4. The molecule has 0 spiro atoms. The Morgan fingerprint density at radius 3 is 2.53 bits per heavy atom. The van der Waals surface area contributed by atoms with Gasteiger partial charge in [0.2, 0.25) is 0 Å². The van der Waals surface area contributed by atoms with Gasteiger partial charge in [0.25, 0.3) is 11.6 Å². The minimum Gasteiger partial charge on any atom is -0.321 e. The van der Waals surface area contributed by atoms with E-state index in [2.05, 4.69) is 37.2 Å². The van der Waals surface area contributed by atoms with Crippen LogP contribution in [0.3, 0.4) is 0 Å². The molecule has 1 amide bonds. The first kappa shape index (κ1) is 14.2. The van der Waals surface area contributed by atoms with Gasteiger partial charge in [-0.05, 0) is 56.1 Å².